The van der Waals surface area contributed by atoms with E-state index in [1.807, 2.05) is 0 Å². The van der Waals surface area contributed by atoms with E-state index in [1.54, 1.807) is 12.1 Å². The summed E-state index contributed by atoms with van der Waals surface area (Å²) in [5.74, 6) is -1.31. The van der Waals surface area contributed by atoms with Crippen molar-refractivity contribution in [3.63, 3.8) is 0 Å². The van der Waals surface area contributed by atoms with E-state index in [2.05, 4.69) is 17.6 Å². The van der Waals surface area contributed by atoms with Crippen LogP contribution < -0.4 is 10.6 Å². The number of non-ortho nitro benzene ring substituents is 1. The quantitative estimate of drug-likeness (QED) is 0.398. The van der Waals surface area contributed by atoms with Crippen molar-refractivity contribution >= 4 is 39.5 Å². The second-order valence-corrected chi connectivity index (χ2v) is 8.86. The van der Waals surface area contributed by atoms with Crippen molar-refractivity contribution < 1.29 is 18.9 Å². The Morgan fingerprint density at radius 2 is 1.91 bits per heavy atom. The number of halogens is 1. The second kappa shape index (κ2) is 8.88. The van der Waals surface area contributed by atoms with Crippen LogP contribution >= 0.6 is 11.3 Å². The number of anilines is 2. The maximum atomic E-state index is 14.1. The first-order valence-electron chi connectivity index (χ1n) is 10.1. The molecule has 2 N–H and O–H groups in total. The van der Waals surface area contributed by atoms with E-state index in [1.165, 1.54) is 47.7 Å². The molecule has 0 spiro atoms. The van der Waals surface area contributed by atoms with Gasteiger partial charge in [-0.25, -0.2) is 4.39 Å². The van der Waals surface area contributed by atoms with Gasteiger partial charge in [0, 0.05) is 22.7 Å². The Balaban J connectivity index is 1.68. The molecule has 1 unspecified atom stereocenters. The number of carbonyl (C=O) groups is 2. The molecule has 32 heavy (non-hydrogen) atoms. The first-order valence-corrected chi connectivity index (χ1v) is 10.9. The number of hydrogen-bond donors (Lipinski definition) is 2. The first-order chi connectivity index (χ1) is 15.3. The van der Waals surface area contributed by atoms with Gasteiger partial charge < -0.3 is 10.6 Å². The van der Waals surface area contributed by atoms with Crippen LogP contribution in [0.3, 0.4) is 0 Å². The second-order valence-electron chi connectivity index (χ2n) is 7.75. The number of fused-ring (bicyclic) bond motifs is 1. The van der Waals surface area contributed by atoms with Gasteiger partial charge in [0.15, 0.2) is 0 Å². The minimum atomic E-state index is -0.650. The molecule has 1 atom stereocenters. The molecule has 0 saturated heterocycles. The van der Waals surface area contributed by atoms with Crippen LogP contribution in [0.4, 0.5) is 20.8 Å². The van der Waals surface area contributed by atoms with Gasteiger partial charge in [0.05, 0.1) is 16.1 Å². The van der Waals surface area contributed by atoms with Crippen LogP contribution in [0, 0.1) is 21.8 Å². The van der Waals surface area contributed by atoms with Gasteiger partial charge in [-0.05, 0) is 48.9 Å². The summed E-state index contributed by atoms with van der Waals surface area (Å²) in [6.45, 7) is 2.13. The molecule has 0 radical (unpaired) electrons. The highest BCUT2D eigenvalue weighted by molar-refractivity contribution is 7.17. The Labute approximate surface area is 187 Å². The lowest BCUT2D eigenvalue weighted by Gasteiger charge is -2.18. The van der Waals surface area contributed by atoms with Crippen molar-refractivity contribution in [2.45, 2.75) is 26.2 Å². The summed E-state index contributed by atoms with van der Waals surface area (Å²) in [4.78, 5) is 37.4. The number of carbonyl (C=O) groups excluding carboxylic acids is 2. The number of nitrogens with one attached hydrogen (secondary N) is 2. The standard InChI is InChI=1S/C23H20FN3O4S/c1-13-9-10-17-19(11-13)32-23(26-21(28)16-7-2-3-8-18(16)24)20(17)22(29)25-14-5-4-6-15(12-14)27(30)31/h2-8,12-13H,9-11H2,1H3,(H,25,29)(H,26,28). The minimum Gasteiger partial charge on any atom is -0.322 e. The Hall–Kier alpha value is -3.59. The fraction of sp³-hybridized carbons (Fsp3) is 0.217. The Bertz CT molecular complexity index is 1220. The molecule has 0 fully saturated rings. The molecule has 4 rings (SSSR count). The molecule has 3 aromatic rings. The lowest BCUT2D eigenvalue weighted by Crippen LogP contribution is -2.20. The third-order valence-corrected chi connectivity index (χ3v) is 6.57. The number of nitro groups is 1. The Kier molecular flexibility index (Phi) is 6.00. The number of nitro benzene ring substituents is 1. The van der Waals surface area contributed by atoms with Crippen LogP contribution in [0.2, 0.25) is 0 Å². The molecule has 164 valence electrons. The van der Waals surface area contributed by atoms with E-state index in [9.17, 15) is 24.1 Å². The topological polar surface area (TPSA) is 101 Å². The average molecular weight is 453 g/mol. The highest BCUT2D eigenvalue weighted by Gasteiger charge is 2.29. The van der Waals surface area contributed by atoms with Gasteiger partial charge >= 0.3 is 0 Å². The number of nitrogens with zero attached hydrogens (tertiary/aromatic N) is 1. The van der Waals surface area contributed by atoms with Crippen LogP contribution in [0.25, 0.3) is 0 Å². The first kappa shape index (κ1) is 21.6. The van der Waals surface area contributed by atoms with Crippen molar-refractivity contribution in [1.82, 2.24) is 0 Å². The summed E-state index contributed by atoms with van der Waals surface area (Å²) in [5.41, 5.74) is 1.21. The van der Waals surface area contributed by atoms with E-state index >= 15 is 0 Å². The maximum absolute atomic E-state index is 14.1. The van der Waals surface area contributed by atoms with Gasteiger partial charge in [-0.1, -0.05) is 25.1 Å². The normalized spacial score (nSPS) is 15.0. The molecule has 1 aliphatic carbocycles. The summed E-state index contributed by atoms with van der Waals surface area (Å²) in [6, 6.07) is 11.3. The fourth-order valence-corrected chi connectivity index (χ4v) is 5.19. The van der Waals surface area contributed by atoms with Crippen LogP contribution in [0.15, 0.2) is 48.5 Å². The number of benzene rings is 2. The maximum Gasteiger partial charge on any atom is 0.271 e. The number of rotatable bonds is 5. The van der Waals surface area contributed by atoms with Crippen LogP contribution in [0.1, 0.15) is 44.5 Å². The zero-order chi connectivity index (χ0) is 22.8. The predicted molar refractivity (Wildman–Crippen MR) is 121 cm³/mol. The van der Waals surface area contributed by atoms with Gasteiger partial charge in [0.25, 0.3) is 17.5 Å². The molecule has 0 bridgehead atoms. The molecule has 0 saturated carbocycles. The van der Waals surface area contributed by atoms with Crippen molar-refractivity contribution in [3.05, 3.63) is 86.0 Å². The number of amides is 2. The highest BCUT2D eigenvalue weighted by atomic mass is 32.1. The Morgan fingerprint density at radius 1 is 1.12 bits per heavy atom. The van der Waals surface area contributed by atoms with Crippen molar-refractivity contribution in [3.8, 4) is 0 Å². The molecule has 2 aromatic carbocycles. The molecule has 1 heterocycles. The summed E-state index contributed by atoms with van der Waals surface area (Å²) in [6.07, 6.45) is 2.37. The smallest absolute Gasteiger partial charge is 0.271 e. The molecule has 1 aliphatic rings. The Morgan fingerprint density at radius 3 is 2.66 bits per heavy atom. The van der Waals surface area contributed by atoms with E-state index in [4.69, 9.17) is 0 Å². The molecule has 2 amide bonds. The van der Waals surface area contributed by atoms with Gasteiger partial charge in [-0.3, -0.25) is 19.7 Å². The van der Waals surface area contributed by atoms with E-state index < -0.39 is 22.6 Å². The van der Waals surface area contributed by atoms with E-state index in [-0.39, 0.29) is 16.9 Å². The van der Waals surface area contributed by atoms with E-state index in [0.29, 0.717) is 22.9 Å². The zero-order valence-corrected chi connectivity index (χ0v) is 18.0. The molecule has 0 aliphatic heterocycles. The average Bonchev–Trinajstić information content (AvgIpc) is 3.10. The lowest BCUT2D eigenvalue weighted by molar-refractivity contribution is -0.384. The van der Waals surface area contributed by atoms with Crippen molar-refractivity contribution in [2.75, 3.05) is 10.6 Å². The fourth-order valence-electron chi connectivity index (χ4n) is 3.79. The third kappa shape index (κ3) is 4.38. The minimum absolute atomic E-state index is 0.114. The van der Waals surface area contributed by atoms with Gasteiger partial charge in [0.1, 0.15) is 10.8 Å². The molecular formula is C23H20FN3O4S. The lowest BCUT2D eigenvalue weighted by atomic mass is 9.88. The number of hydrogen-bond acceptors (Lipinski definition) is 5. The summed E-state index contributed by atoms with van der Waals surface area (Å²) < 4.78 is 14.1. The number of thiophene rings is 1. The third-order valence-electron chi connectivity index (χ3n) is 5.40. The van der Waals surface area contributed by atoms with Crippen molar-refractivity contribution in [2.24, 2.45) is 5.92 Å². The zero-order valence-electron chi connectivity index (χ0n) is 17.2. The highest BCUT2D eigenvalue weighted by Crippen LogP contribution is 2.40. The van der Waals surface area contributed by atoms with Crippen LogP contribution in [-0.4, -0.2) is 16.7 Å². The summed E-state index contributed by atoms with van der Waals surface area (Å²) >= 11 is 1.32. The van der Waals surface area contributed by atoms with Crippen molar-refractivity contribution in [1.29, 1.82) is 0 Å². The molecular weight excluding hydrogens is 433 g/mol. The molecule has 7 nitrogen and oxygen atoms in total. The summed E-state index contributed by atoms with van der Waals surface area (Å²) in [7, 11) is 0. The predicted octanol–water partition coefficient (Wildman–Crippen LogP) is 5.42. The van der Waals surface area contributed by atoms with Crippen LogP contribution in [-0.2, 0) is 12.8 Å². The molecule has 9 heteroatoms. The van der Waals surface area contributed by atoms with E-state index in [0.717, 1.165) is 23.3 Å². The van der Waals surface area contributed by atoms with Crippen LogP contribution in [0.5, 0.6) is 0 Å². The summed E-state index contributed by atoms with van der Waals surface area (Å²) in [5, 5.41) is 16.8. The monoisotopic (exact) mass is 453 g/mol. The largest absolute Gasteiger partial charge is 0.322 e. The molecule has 1 aromatic heterocycles. The van der Waals surface area contributed by atoms with Gasteiger partial charge in [-0.15, -0.1) is 11.3 Å². The SMILES string of the molecule is CC1CCc2c(sc(NC(=O)c3ccccc3F)c2C(=O)Nc2cccc([N+](=O)[O-])c2)C1. The van der Waals surface area contributed by atoms with Gasteiger partial charge in [0.2, 0.25) is 0 Å². The van der Waals surface area contributed by atoms with Gasteiger partial charge in [-0.2, -0.15) is 0 Å².